The maximum absolute atomic E-state index is 13.9. The number of benzene rings is 3. The highest BCUT2D eigenvalue weighted by molar-refractivity contribution is 5.92. The van der Waals surface area contributed by atoms with E-state index in [4.69, 9.17) is 6.42 Å². The Morgan fingerprint density at radius 3 is 2.13 bits per heavy atom. The molecule has 192 valence electrons. The van der Waals surface area contributed by atoms with Gasteiger partial charge in [-0.15, -0.1) is 6.42 Å². The fourth-order valence-electron chi connectivity index (χ4n) is 5.09. The van der Waals surface area contributed by atoms with Crippen LogP contribution in [0.1, 0.15) is 22.7 Å². The van der Waals surface area contributed by atoms with Gasteiger partial charge in [0.2, 0.25) is 5.91 Å². The maximum Gasteiger partial charge on any atom is 0.334 e. The summed E-state index contributed by atoms with van der Waals surface area (Å²) in [7, 11) is 0. The monoisotopic (exact) mass is 507 g/mol. The third kappa shape index (κ3) is 5.10. The van der Waals surface area contributed by atoms with Crippen LogP contribution in [0.2, 0.25) is 0 Å². The zero-order chi connectivity index (χ0) is 26.5. The Morgan fingerprint density at radius 1 is 0.895 bits per heavy atom. The maximum atomic E-state index is 13.9. The van der Waals surface area contributed by atoms with Gasteiger partial charge in [0.1, 0.15) is 12.2 Å². The number of piperazine rings is 1. The lowest BCUT2D eigenvalue weighted by molar-refractivity contribution is -0.190. The first-order valence-electron chi connectivity index (χ1n) is 12.5. The first-order chi connectivity index (χ1) is 18.6. The topological polar surface area (TPSA) is 76.2 Å². The second-order valence-corrected chi connectivity index (χ2v) is 9.31. The molecule has 5 rings (SSSR count). The fraction of sp³-hybridized carbons (Fsp3) is 0.233. The van der Waals surface area contributed by atoms with Gasteiger partial charge in [0, 0.05) is 13.1 Å². The number of carbonyl (C=O) groups is 3. The molecule has 0 aliphatic carbocycles. The first-order valence-corrected chi connectivity index (χ1v) is 12.5. The Kier molecular flexibility index (Phi) is 7.38. The molecule has 38 heavy (non-hydrogen) atoms. The summed E-state index contributed by atoms with van der Waals surface area (Å²) in [6, 6.07) is 27.3. The van der Waals surface area contributed by atoms with Crippen LogP contribution in [-0.2, 0) is 22.7 Å². The van der Waals surface area contributed by atoms with Gasteiger partial charge in [-0.2, -0.15) is 5.01 Å². The predicted octanol–water partition coefficient (Wildman–Crippen LogP) is 3.00. The van der Waals surface area contributed by atoms with Crippen LogP contribution in [0.15, 0.2) is 91.0 Å². The number of hydrazine groups is 1. The van der Waals surface area contributed by atoms with Crippen LogP contribution in [0.3, 0.4) is 0 Å². The molecule has 4 amide bonds. The van der Waals surface area contributed by atoms with Crippen LogP contribution < -0.4 is 5.32 Å². The zero-order valence-corrected chi connectivity index (χ0v) is 20.9. The summed E-state index contributed by atoms with van der Waals surface area (Å²) in [5, 5.41) is 6.07. The van der Waals surface area contributed by atoms with E-state index in [1.54, 1.807) is 14.8 Å². The third-order valence-electron chi connectivity index (χ3n) is 6.82. The van der Waals surface area contributed by atoms with E-state index in [1.807, 2.05) is 91.0 Å². The van der Waals surface area contributed by atoms with Gasteiger partial charge in [-0.05, 0) is 16.7 Å². The lowest BCUT2D eigenvalue weighted by Crippen LogP contribution is -2.74. The molecule has 2 heterocycles. The Balaban J connectivity index is 1.51. The summed E-state index contributed by atoms with van der Waals surface area (Å²) >= 11 is 0. The van der Waals surface area contributed by atoms with Crippen molar-refractivity contribution in [1.29, 1.82) is 0 Å². The molecular weight excluding hydrogens is 478 g/mol. The summed E-state index contributed by atoms with van der Waals surface area (Å²) in [6.45, 7) is 0.806. The van der Waals surface area contributed by atoms with Crippen molar-refractivity contribution in [3.63, 3.8) is 0 Å². The highest BCUT2D eigenvalue weighted by atomic mass is 16.2. The molecule has 8 heteroatoms. The number of nitrogens with one attached hydrogen (secondary N) is 1. The predicted molar refractivity (Wildman–Crippen MR) is 143 cm³/mol. The van der Waals surface area contributed by atoms with Gasteiger partial charge in [0.25, 0.3) is 5.91 Å². The van der Waals surface area contributed by atoms with Gasteiger partial charge in [-0.25, -0.2) is 9.80 Å². The number of rotatable bonds is 6. The van der Waals surface area contributed by atoms with E-state index in [0.29, 0.717) is 18.7 Å². The number of hydrogen-bond acceptors (Lipinski definition) is 4. The summed E-state index contributed by atoms with van der Waals surface area (Å²) in [6.07, 6.45) is 4.90. The molecule has 2 saturated heterocycles. The van der Waals surface area contributed by atoms with Gasteiger partial charge in [0.05, 0.1) is 19.6 Å². The summed E-state index contributed by atoms with van der Waals surface area (Å²) < 4.78 is 0. The van der Waals surface area contributed by atoms with Gasteiger partial charge in [-0.1, -0.05) is 96.9 Å². The van der Waals surface area contributed by atoms with Crippen molar-refractivity contribution in [3.8, 4) is 12.3 Å². The van der Waals surface area contributed by atoms with Crippen molar-refractivity contribution in [2.24, 2.45) is 0 Å². The molecule has 0 saturated carbocycles. The Bertz CT molecular complexity index is 1330. The molecule has 2 aliphatic heterocycles. The van der Waals surface area contributed by atoms with Crippen molar-refractivity contribution in [2.75, 3.05) is 19.6 Å². The Labute approximate surface area is 222 Å². The number of urea groups is 1. The number of terminal acetylenes is 1. The van der Waals surface area contributed by atoms with Gasteiger partial charge in [0.15, 0.2) is 0 Å². The molecule has 3 aromatic rings. The van der Waals surface area contributed by atoms with E-state index in [9.17, 15) is 14.4 Å². The normalized spacial score (nSPS) is 19.6. The SMILES string of the molecule is C#CCN1CC(=O)N2[C@@H](c3ccccc3)C(=O)N(Cc3ccccc3)C[C@@H]2N1C(=O)NCc1ccccc1. The van der Waals surface area contributed by atoms with Crippen LogP contribution in [0, 0.1) is 12.3 Å². The Hall–Kier alpha value is -4.61. The van der Waals surface area contributed by atoms with Gasteiger partial charge >= 0.3 is 6.03 Å². The van der Waals surface area contributed by atoms with Crippen LogP contribution >= 0.6 is 0 Å². The quantitative estimate of drug-likeness (QED) is 0.521. The minimum atomic E-state index is -0.858. The standard InChI is InChI=1S/C30H29N5O3/c1-2-18-33-22-27(36)34-26(35(33)30(38)31-19-23-12-6-3-7-13-23)21-32(20-24-14-8-4-9-15-24)29(37)28(34)25-16-10-5-11-17-25/h1,3-17,26,28H,18-22H2,(H,31,38)/t26-,28-/m0/s1. The largest absolute Gasteiger partial charge is 0.334 e. The zero-order valence-electron chi connectivity index (χ0n) is 20.9. The molecule has 0 radical (unpaired) electrons. The molecule has 2 fully saturated rings. The second-order valence-electron chi connectivity index (χ2n) is 9.31. The summed E-state index contributed by atoms with van der Waals surface area (Å²) in [4.78, 5) is 44.4. The van der Waals surface area contributed by atoms with Crippen molar-refractivity contribution in [3.05, 3.63) is 108 Å². The highest BCUT2D eigenvalue weighted by Crippen LogP contribution is 2.35. The van der Waals surface area contributed by atoms with E-state index < -0.39 is 12.2 Å². The molecule has 0 aromatic heterocycles. The number of amides is 4. The molecule has 0 bridgehead atoms. The average molecular weight is 508 g/mol. The lowest BCUT2D eigenvalue weighted by atomic mass is 9.98. The molecule has 2 aliphatic rings. The molecule has 3 aromatic carbocycles. The van der Waals surface area contributed by atoms with E-state index >= 15 is 0 Å². The minimum absolute atomic E-state index is 0.0808. The number of fused-ring (bicyclic) bond motifs is 1. The number of hydrogen-bond donors (Lipinski definition) is 1. The van der Waals surface area contributed by atoms with Gasteiger partial charge in [-0.3, -0.25) is 9.59 Å². The molecular formula is C30H29N5O3. The highest BCUT2D eigenvalue weighted by Gasteiger charge is 2.51. The molecule has 2 atom stereocenters. The molecule has 1 N–H and O–H groups in total. The van der Waals surface area contributed by atoms with E-state index in [2.05, 4.69) is 11.2 Å². The third-order valence-corrected chi connectivity index (χ3v) is 6.82. The van der Waals surface area contributed by atoms with Crippen LogP contribution in [0.4, 0.5) is 4.79 Å². The average Bonchev–Trinajstić information content (AvgIpc) is 2.94. The second kappa shape index (κ2) is 11.2. The van der Waals surface area contributed by atoms with Crippen LogP contribution in [0.5, 0.6) is 0 Å². The van der Waals surface area contributed by atoms with Crippen molar-refractivity contribution in [2.45, 2.75) is 25.3 Å². The smallest absolute Gasteiger partial charge is 0.333 e. The molecule has 8 nitrogen and oxygen atoms in total. The molecule has 0 unspecified atom stereocenters. The lowest BCUT2D eigenvalue weighted by Gasteiger charge is -2.54. The first kappa shape index (κ1) is 25.1. The van der Waals surface area contributed by atoms with Crippen LogP contribution in [0.25, 0.3) is 0 Å². The van der Waals surface area contributed by atoms with Crippen molar-refractivity contribution < 1.29 is 14.4 Å². The van der Waals surface area contributed by atoms with E-state index in [0.717, 1.165) is 11.1 Å². The van der Waals surface area contributed by atoms with Crippen molar-refractivity contribution in [1.82, 2.24) is 25.1 Å². The fourth-order valence-corrected chi connectivity index (χ4v) is 5.09. The number of carbonyl (C=O) groups excluding carboxylic acids is 3. The van der Waals surface area contributed by atoms with E-state index in [-0.39, 0.29) is 37.5 Å². The van der Waals surface area contributed by atoms with Gasteiger partial charge < -0.3 is 15.1 Å². The number of nitrogens with zero attached hydrogens (tertiary/aromatic N) is 4. The van der Waals surface area contributed by atoms with E-state index in [1.165, 1.54) is 5.01 Å². The summed E-state index contributed by atoms with van der Waals surface area (Å²) in [5.74, 6) is 2.14. The summed E-state index contributed by atoms with van der Waals surface area (Å²) in [5.41, 5.74) is 2.61. The van der Waals surface area contributed by atoms with Crippen LogP contribution in [-0.4, -0.2) is 63.5 Å². The Morgan fingerprint density at radius 2 is 1.50 bits per heavy atom. The van der Waals surface area contributed by atoms with Crippen molar-refractivity contribution >= 4 is 17.8 Å². The molecule has 0 spiro atoms. The minimum Gasteiger partial charge on any atom is -0.333 e.